The van der Waals surface area contributed by atoms with E-state index in [1.807, 2.05) is 0 Å². The molecular formula is C27H26NNa2O10P. The molecule has 14 heteroatoms. The second-order valence-corrected chi connectivity index (χ2v) is 9.39. The molecule has 0 saturated heterocycles. The summed E-state index contributed by atoms with van der Waals surface area (Å²) in [5.41, 5.74) is 2.04. The van der Waals surface area contributed by atoms with Crippen LogP contribution in [0.15, 0.2) is 48.5 Å². The van der Waals surface area contributed by atoms with Crippen molar-refractivity contribution in [2.24, 2.45) is 7.05 Å². The fourth-order valence-corrected chi connectivity index (χ4v) is 4.87. The first kappa shape index (κ1) is 35.0. The number of methoxy groups -OCH3 is 5. The number of aryl methyl sites for hydroxylation is 1. The minimum atomic E-state index is -5.40. The van der Waals surface area contributed by atoms with Gasteiger partial charge >= 0.3 is 59.1 Å². The summed E-state index contributed by atoms with van der Waals surface area (Å²) in [6.45, 7) is 0. The summed E-state index contributed by atoms with van der Waals surface area (Å²) in [6, 6.07) is 12.8. The van der Waals surface area contributed by atoms with Crippen molar-refractivity contribution in [2.45, 2.75) is 0 Å². The van der Waals surface area contributed by atoms with Crippen LogP contribution in [-0.4, -0.2) is 45.9 Å². The van der Waals surface area contributed by atoms with Crippen molar-refractivity contribution < 1.29 is 106 Å². The van der Waals surface area contributed by atoms with Gasteiger partial charge in [0, 0.05) is 29.6 Å². The maximum atomic E-state index is 14.2. The van der Waals surface area contributed by atoms with Gasteiger partial charge in [0.2, 0.25) is 5.75 Å². The predicted molar refractivity (Wildman–Crippen MR) is 139 cm³/mol. The van der Waals surface area contributed by atoms with Crippen LogP contribution in [-0.2, 0) is 11.6 Å². The van der Waals surface area contributed by atoms with Crippen LogP contribution in [0.1, 0.15) is 15.9 Å². The van der Waals surface area contributed by atoms with Crippen molar-refractivity contribution >= 4 is 24.5 Å². The minimum absolute atomic E-state index is 0. The average Bonchev–Trinajstić information content (AvgIpc) is 3.21. The molecule has 0 N–H and O–H groups in total. The number of carbonyl (C=O) groups excluding carboxylic acids is 1. The van der Waals surface area contributed by atoms with Crippen LogP contribution in [0.2, 0.25) is 0 Å². The number of rotatable bonds is 10. The van der Waals surface area contributed by atoms with Gasteiger partial charge in [0.1, 0.15) is 13.6 Å². The number of ketones is 1. The summed E-state index contributed by atoms with van der Waals surface area (Å²) in [4.78, 5) is 37.0. The van der Waals surface area contributed by atoms with Crippen molar-refractivity contribution in [1.29, 1.82) is 0 Å². The summed E-state index contributed by atoms with van der Waals surface area (Å²) in [5.74, 6) is 0.836. The van der Waals surface area contributed by atoms with Crippen LogP contribution >= 0.6 is 7.82 Å². The molecule has 0 aliphatic carbocycles. The zero-order valence-electron chi connectivity index (χ0n) is 24.1. The summed E-state index contributed by atoms with van der Waals surface area (Å²) in [5, 5.41) is 0.601. The number of phosphoric acid groups is 1. The Bertz CT molecular complexity index is 1590. The zero-order chi connectivity index (χ0) is 28.5. The van der Waals surface area contributed by atoms with Gasteiger partial charge in [-0.15, -0.1) is 0 Å². The Morgan fingerprint density at radius 2 is 1.37 bits per heavy atom. The molecule has 0 aliphatic heterocycles. The fraction of sp³-hybridized carbons (Fsp3) is 0.222. The first-order chi connectivity index (χ1) is 18.6. The average molecular weight is 601 g/mol. The number of benzene rings is 3. The molecule has 3 aromatic carbocycles. The molecule has 1 heterocycles. The molecule has 0 aliphatic rings. The number of hydrogen-bond donors (Lipinski definition) is 0. The molecule has 0 radical (unpaired) electrons. The van der Waals surface area contributed by atoms with Gasteiger partial charge < -0.3 is 47.1 Å². The largest absolute Gasteiger partial charge is 1.00 e. The second-order valence-electron chi connectivity index (χ2n) is 8.31. The maximum absolute atomic E-state index is 14.2. The Morgan fingerprint density at radius 3 is 1.88 bits per heavy atom. The molecule has 1 aromatic heterocycles. The van der Waals surface area contributed by atoms with Crippen molar-refractivity contribution in [3.63, 3.8) is 0 Å². The van der Waals surface area contributed by atoms with Gasteiger partial charge in [-0.2, -0.15) is 0 Å². The molecule has 4 aromatic rings. The summed E-state index contributed by atoms with van der Waals surface area (Å²) in [6.07, 6.45) is 0. The van der Waals surface area contributed by atoms with E-state index in [4.69, 9.17) is 23.7 Å². The summed E-state index contributed by atoms with van der Waals surface area (Å²) >= 11 is 0. The fourth-order valence-electron chi connectivity index (χ4n) is 4.48. The minimum Gasteiger partial charge on any atom is -0.780 e. The number of phosphoric ester groups is 1. The Hall–Kier alpha value is -2.18. The standard InChI is InChI=1S/C27H28NO10P.2Na/c1-28-19-14-17(33-2)8-9-18(19)24(26(29)16-12-22(35-4)27(37-6)23(13-16)36-5)25(28)15-7-10-20(34-3)21(11-15)38-39(30,31)32;;/h7-14H,1-6H3,(H2,30,31,32);;/q;2*+1/p-2. The van der Waals surface area contributed by atoms with E-state index in [1.165, 1.54) is 47.7 Å². The smallest absolute Gasteiger partial charge is 0.780 e. The van der Waals surface area contributed by atoms with Gasteiger partial charge in [-0.25, -0.2) is 0 Å². The molecule has 0 unspecified atom stereocenters. The molecule has 0 atom stereocenters. The molecule has 41 heavy (non-hydrogen) atoms. The SMILES string of the molecule is COc1ccc2c(C(=O)c3cc(OC)c(OC)c(OC)c3)c(-c3ccc(OC)c(OP(=O)([O-])[O-])c3)n(C)c2c1.[Na+].[Na+]. The van der Waals surface area contributed by atoms with E-state index in [1.54, 1.807) is 48.0 Å². The third kappa shape index (κ3) is 7.07. The second kappa shape index (κ2) is 14.3. The summed E-state index contributed by atoms with van der Waals surface area (Å²) in [7, 11) is 3.55. The maximum Gasteiger partial charge on any atom is 1.00 e. The van der Waals surface area contributed by atoms with Gasteiger partial charge in [-0.1, -0.05) is 0 Å². The molecule has 206 valence electrons. The molecule has 4 rings (SSSR count). The molecular weight excluding hydrogens is 575 g/mol. The Morgan fingerprint density at radius 1 is 0.756 bits per heavy atom. The van der Waals surface area contributed by atoms with Crippen LogP contribution < -0.4 is 97.1 Å². The van der Waals surface area contributed by atoms with Crippen molar-refractivity contribution in [3.05, 3.63) is 59.7 Å². The summed E-state index contributed by atoms with van der Waals surface area (Å²) < 4.78 is 44.7. The number of hydrogen-bond acceptors (Lipinski definition) is 10. The van der Waals surface area contributed by atoms with E-state index < -0.39 is 7.82 Å². The third-order valence-electron chi connectivity index (χ3n) is 6.21. The number of carbonyl (C=O) groups is 1. The van der Waals surface area contributed by atoms with E-state index in [0.717, 1.165) is 0 Å². The van der Waals surface area contributed by atoms with E-state index >= 15 is 0 Å². The Kier molecular flexibility index (Phi) is 12.2. The van der Waals surface area contributed by atoms with Crippen LogP contribution in [0.25, 0.3) is 22.2 Å². The van der Waals surface area contributed by atoms with E-state index in [9.17, 15) is 19.1 Å². The molecule has 0 saturated carbocycles. The zero-order valence-corrected chi connectivity index (χ0v) is 29.0. The van der Waals surface area contributed by atoms with Crippen LogP contribution in [0.5, 0.6) is 34.5 Å². The van der Waals surface area contributed by atoms with Crippen LogP contribution in [0.4, 0.5) is 0 Å². The normalized spacial score (nSPS) is 10.7. The Balaban J connectivity index is 0.00000294. The monoisotopic (exact) mass is 601 g/mol. The number of fused-ring (bicyclic) bond motifs is 1. The van der Waals surface area contributed by atoms with Gasteiger partial charge in [-0.05, 0) is 42.5 Å². The van der Waals surface area contributed by atoms with Crippen LogP contribution in [0, 0.1) is 0 Å². The van der Waals surface area contributed by atoms with Crippen molar-refractivity contribution in [3.8, 4) is 45.8 Å². The molecule has 11 nitrogen and oxygen atoms in total. The number of ether oxygens (including phenoxy) is 5. The van der Waals surface area contributed by atoms with E-state index in [2.05, 4.69) is 4.52 Å². The topological polar surface area (TPSA) is 141 Å². The number of nitrogens with zero attached hydrogens (tertiary/aromatic N) is 1. The first-order valence-corrected chi connectivity index (χ1v) is 12.9. The van der Waals surface area contributed by atoms with E-state index in [0.29, 0.717) is 50.7 Å². The molecule has 0 bridgehead atoms. The van der Waals surface area contributed by atoms with Gasteiger partial charge in [0.15, 0.2) is 28.8 Å². The molecule has 0 fully saturated rings. The van der Waals surface area contributed by atoms with E-state index in [-0.39, 0.29) is 82.0 Å². The predicted octanol–water partition coefficient (Wildman–Crippen LogP) is -2.67. The van der Waals surface area contributed by atoms with Crippen molar-refractivity contribution in [1.82, 2.24) is 4.57 Å². The first-order valence-electron chi connectivity index (χ1n) is 11.5. The van der Waals surface area contributed by atoms with Gasteiger partial charge in [0.05, 0.1) is 52.3 Å². The van der Waals surface area contributed by atoms with Crippen molar-refractivity contribution in [2.75, 3.05) is 35.5 Å². The Labute approximate surface area is 281 Å². The third-order valence-corrected chi connectivity index (χ3v) is 6.63. The quantitative estimate of drug-likeness (QED) is 0.107. The van der Waals surface area contributed by atoms with Gasteiger partial charge in [-0.3, -0.25) is 4.79 Å². The van der Waals surface area contributed by atoms with Gasteiger partial charge in [0.25, 0.3) is 0 Å². The molecule has 0 spiro atoms. The van der Waals surface area contributed by atoms with Crippen LogP contribution in [0.3, 0.4) is 0 Å². The molecule has 0 amide bonds. The number of aromatic nitrogens is 1.